The summed E-state index contributed by atoms with van der Waals surface area (Å²) >= 11 is 0. The molecule has 0 aliphatic carbocycles. The van der Waals surface area contributed by atoms with Gasteiger partial charge in [-0.05, 0) is 25.0 Å². The molecule has 1 heterocycles. The van der Waals surface area contributed by atoms with Gasteiger partial charge in [-0.3, -0.25) is 4.79 Å². The van der Waals surface area contributed by atoms with Crippen LogP contribution < -0.4 is 5.32 Å². The van der Waals surface area contributed by atoms with E-state index in [0.717, 1.165) is 22.9 Å². The number of esters is 1. The first-order valence-electron chi connectivity index (χ1n) is 7.66. The third kappa shape index (κ3) is 3.87. The van der Waals surface area contributed by atoms with Crippen molar-refractivity contribution in [3.63, 3.8) is 0 Å². The van der Waals surface area contributed by atoms with Gasteiger partial charge in [0.1, 0.15) is 6.04 Å². The van der Waals surface area contributed by atoms with E-state index in [9.17, 15) is 9.59 Å². The fraction of sp³-hybridized carbons (Fsp3) is 0.412. The molecule has 0 saturated carbocycles. The number of carbonyl (C=O) groups excluding carboxylic acids is 2. The van der Waals surface area contributed by atoms with E-state index >= 15 is 0 Å². The molecule has 22 heavy (non-hydrogen) atoms. The third-order valence-corrected chi connectivity index (χ3v) is 3.48. The van der Waals surface area contributed by atoms with Gasteiger partial charge in [0.2, 0.25) is 5.91 Å². The van der Waals surface area contributed by atoms with E-state index in [1.165, 1.54) is 0 Å². The maximum atomic E-state index is 12.1. The predicted octanol–water partition coefficient (Wildman–Crippen LogP) is 2.56. The van der Waals surface area contributed by atoms with E-state index in [1.54, 1.807) is 6.92 Å². The molecule has 0 aliphatic rings. The lowest BCUT2D eigenvalue weighted by molar-refractivity contribution is -0.147. The number of nitrogens with one attached hydrogen (secondary N) is 2. The van der Waals surface area contributed by atoms with E-state index < -0.39 is 12.0 Å². The SMILES string of the molecule is CCCC(=O)NC(Cc1c[nH]c2ccccc12)C(=O)OCC. The Bertz CT molecular complexity index is 648. The van der Waals surface area contributed by atoms with Crippen LogP contribution in [-0.4, -0.2) is 29.5 Å². The number of para-hydroxylation sites is 1. The van der Waals surface area contributed by atoms with E-state index in [1.807, 2.05) is 37.4 Å². The average Bonchev–Trinajstić information content (AvgIpc) is 2.90. The summed E-state index contributed by atoms with van der Waals surface area (Å²) in [4.78, 5) is 27.1. The molecule has 1 aromatic carbocycles. The topological polar surface area (TPSA) is 71.2 Å². The van der Waals surface area contributed by atoms with Crippen LogP contribution in [0.5, 0.6) is 0 Å². The number of carbonyl (C=O) groups is 2. The second kappa shape index (κ2) is 7.64. The molecule has 1 unspecified atom stereocenters. The van der Waals surface area contributed by atoms with Crippen LogP contribution in [0.25, 0.3) is 10.9 Å². The molecule has 0 aliphatic heterocycles. The van der Waals surface area contributed by atoms with Gasteiger partial charge < -0.3 is 15.0 Å². The molecule has 1 amide bonds. The standard InChI is InChI=1S/C17H22N2O3/c1-3-7-16(20)19-15(17(21)22-4-2)10-12-11-18-14-9-6-5-8-13(12)14/h5-6,8-9,11,15,18H,3-4,7,10H2,1-2H3,(H,19,20). The van der Waals surface area contributed by atoms with Gasteiger partial charge in [0.25, 0.3) is 0 Å². The fourth-order valence-electron chi connectivity index (χ4n) is 2.45. The molecule has 0 radical (unpaired) electrons. The fourth-order valence-corrected chi connectivity index (χ4v) is 2.45. The van der Waals surface area contributed by atoms with Crippen LogP contribution in [0.1, 0.15) is 32.3 Å². The van der Waals surface area contributed by atoms with Crippen LogP contribution in [0.3, 0.4) is 0 Å². The molecule has 1 atom stereocenters. The van der Waals surface area contributed by atoms with Crippen molar-refractivity contribution in [3.8, 4) is 0 Å². The molecule has 2 aromatic rings. The Labute approximate surface area is 130 Å². The second-order valence-corrected chi connectivity index (χ2v) is 5.19. The number of aromatic nitrogens is 1. The van der Waals surface area contributed by atoms with Crippen molar-refractivity contribution in [1.82, 2.24) is 10.3 Å². The maximum absolute atomic E-state index is 12.1. The molecular weight excluding hydrogens is 280 g/mol. The summed E-state index contributed by atoms with van der Waals surface area (Å²) < 4.78 is 5.08. The first kappa shape index (κ1) is 16.1. The highest BCUT2D eigenvalue weighted by Crippen LogP contribution is 2.19. The summed E-state index contributed by atoms with van der Waals surface area (Å²) in [5, 5.41) is 3.84. The lowest BCUT2D eigenvalue weighted by Gasteiger charge is -2.17. The van der Waals surface area contributed by atoms with Crippen LogP contribution in [-0.2, 0) is 20.7 Å². The molecule has 1 aromatic heterocycles. The van der Waals surface area contributed by atoms with E-state index in [4.69, 9.17) is 4.74 Å². The number of amides is 1. The zero-order valence-corrected chi connectivity index (χ0v) is 13.0. The van der Waals surface area contributed by atoms with Gasteiger partial charge >= 0.3 is 5.97 Å². The van der Waals surface area contributed by atoms with Gasteiger partial charge in [-0.25, -0.2) is 4.79 Å². The van der Waals surface area contributed by atoms with Crippen LogP contribution in [0.2, 0.25) is 0 Å². The Balaban J connectivity index is 2.17. The highest BCUT2D eigenvalue weighted by atomic mass is 16.5. The third-order valence-electron chi connectivity index (χ3n) is 3.48. The Morgan fingerprint density at radius 2 is 2.05 bits per heavy atom. The van der Waals surface area contributed by atoms with Gasteiger partial charge in [-0.2, -0.15) is 0 Å². The van der Waals surface area contributed by atoms with Crippen LogP contribution >= 0.6 is 0 Å². The van der Waals surface area contributed by atoms with Crippen molar-refractivity contribution in [2.75, 3.05) is 6.61 Å². The summed E-state index contributed by atoms with van der Waals surface area (Å²) in [5.74, 6) is -0.516. The second-order valence-electron chi connectivity index (χ2n) is 5.19. The minimum atomic E-state index is -0.654. The number of H-pyrrole nitrogens is 1. The van der Waals surface area contributed by atoms with E-state index in [0.29, 0.717) is 19.4 Å². The molecule has 0 saturated heterocycles. The quantitative estimate of drug-likeness (QED) is 0.772. The smallest absolute Gasteiger partial charge is 0.328 e. The van der Waals surface area contributed by atoms with Crippen molar-refractivity contribution in [2.45, 2.75) is 39.2 Å². The zero-order valence-electron chi connectivity index (χ0n) is 13.0. The Hall–Kier alpha value is -2.30. The van der Waals surface area contributed by atoms with Crippen molar-refractivity contribution < 1.29 is 14.3 Å². The van der Waals surface area contributed by atoms with E-state index in [-0.39, 0.29) is 5.91 Å². The van der Waals surface area contributed by atoms with Gasteiger partial charge in [0.05, 0.1) is 6.61 Å². The molecule has 0 fully saturated rings. The molecule has 2 N–H and O–H groups in total. The maximum Gasteiger partial charge on any atom is 0.328 e. The van der Waals surface area contributed by atoms with Crippen molar-refractivity contribution >= 4 is 22.8 Å². The highest BCUT2D eigenvalue weighted by molar-refractivity contribution is 5.87. The monoisotopic (exact) mass is 302 g/mol. The van der Waals surface area contributed by atoms with Gasteiger partial charge in [0.15, 0.2) is 0 Å². The Kier molecular flexibility index (Phi) is 5.58. The Morgan fingerprint density at radius 1 is 1.27 bits per heavy atom. The number of hydrogen-bond acceptors (Lipinski definition) is 3. The summed E-state index contributed by atoms with van der Waals surface area (Å²) in [6.07, 6.45) is 3.44. The first-order valence-corrected chi connectivity index (χ1v) is 7.66. The lowest BCUT2D eigenvalue weighted by atomic mass is 10.0. The molecular formula is C17H22N2O3. The summed E-state index contributed by atoms with van der Waals surface area (Å²) in [6.45, 7) is 3.99. The summed E-state index contributed by atoms with van der Waals surface area (Å²) in [7, 11) is 0. The lowest BCUT2D eigenvalue weighted by Crippen LogP contribution is -2.43. The molecule has 5 heteroatoms. The number of fused-ring (bicyclic) bond motifs is 1. The van der Waals surface area contributed by atoms with Gasteiger partial charge in [-0.1, -0.05) is 25.1 Å². The molecule has 5 nitrogen and oxygen atoms in total. The highest BCUT2D eigenvalue weighted by Gasteiger charge is 2.23. The van der Waals surface area contributed by atoms with E-state index in [2.05, 4.69) is 10.3 Å². The number of benzene rings is 1. The molecule has 0 bridgehead atoms. The molecule has 0 spiro atoms. The largest absolute Gasteiger partial charge is 0.464 e. The number of hydrogen-bond donors (Lipinski definition) is 2. The number of rotatable bonds is 7. The van der Waals surface area contributed by atoms with Crippen molar-refractivity contribution in [2.24, 2.45) is 0 Å². The zero-order chi connectivity index (χ0) is 15.9. The molecule has 118 valence electrons. The number of aromatic amines is 1. The normalized spacial score (nSPS) is 12.1. The van der Waals surface area contributed by atoms with Crippen LogP contribution in [0.4, 0.5) is 0 Å². The number of ether oxygens (including phenoxy) is 1. The first-order chi connectivity index (χ1) is 10.7. The summed E-state index contributed by atoms with van der Waals surface area (Å²) in [6, 6.07) is 7.23. The average molecular weight is 302 g/mol. The van der Waals surface area contributed by atoms with Crippen molar-refractivity contribution in [1.29, 1.82) is 0 Å². The Morgan fingerprint density at radius 3 is 2.77 bits per heavy atom. The molecule has 2 rings (SSSR count). The van der Waals surface area contributed by atoms with Gasteiger partial charge in [0, 0.05) is 29.9 Å². The van der Waals surface area contributed by atoms with Crippen molar-refractivity contribution in [3.05, 3.63) is 36.0 Å². The van der Waals surface area contributed by atoms with Gasteiger partial charge in [-0.15, -0.1) is 0 Å². The summed E-state index contributed by atoms with van der Waals surface area (Å²) in [5.41, 5.74) is 2.01. The minimum absolute atomic E-state index is 0.125. The van der Waals surface area contributed by atoms with Crippen LogP contribution in [0.15, 0.2) is 30.5 Å². The predicted molar refractivity (Wildman–Crippen MR) is 85.5 cm³/mol. The van der Waals surface area contributed by atoms with Crippen LogP contribution in [0, 0.1) is 0 Å². The minimum Gasteiger partial charge on any atom is -0.464 e.